The maximum absolute atomic E-state index is 12.3. The molecule has 1 aromatic carbocycles. The molecule has 2 aliphatic rings. The number of ether oxygens (including phenoxy) is 1. The van der Waals surface area contributed by atoms with Crippen LogP contribution in [-0.2, 0) is 16.1 Å². The molecule has 3 rings (SSSR count). The molecular formula is C16H20Cl2N2O2. The third-order valence-electron chi connectivity index (χ3n) is 4.30. The number of hydrogen-bond acceptors (Lipinski definition) is 3. The van der Waals surface area contributed by atoms with Crippen LogP contribution in [0.4, 0.5) is 0 Å². The maximum Gasteiger partial charge on any atom is 0.251 e. The molecule has 2 fully saturated rings. The average molecular weight is 343 g/mol. The van der Waals surface area contributed by atoms with E-state index in [1.807, 2.05) is 17.0 Å². The minimum Gasteiger partial charge on any atom is -0.368 e. The zero-order chi connectivity index (χ0) is 15.5. The van der Waals surface area contributed by atoms with Crippen molar-refractivity contribution in [2.24, 2.45) is 0 Å². The number of carbonyl (C=O) groups excluding carboxylic acids is 1. The maximum atomic E-state index is 12.3. The number of hydrogen-bond donors (Lipinski definition) is 0. The molecule has 120 valence electrons. The minimum atomic E-state index is -0.211. The summed E-state index contributed by atoms with van der Waals surface area (Å²) in [6, 6.07) is 5.60. The lowest BCUT2D eigenvalue weighted by molar-refractivity contribution is -0.142. The van der Waals surface area contributed by atoms with Crippen LogP contribution in [-0.4, -0.2) is 54.6 Å². The van der Waals surface area contributed by atoms with Crippen molar-refractivity contribution in [1.82, 2.24) is 9.80 Å². The van der Waals surface area contributed by atoms with E-state index in [0.29, 0.717) is 16.7 Å². The monoisotopic (exact) mass is 342 g/mol. The largest absolute Gasteiger partial charge is 0.368 e. The van der Waals surface area contributed by atoms with Gasteiger partial charge in [-0.25, -0.2) is 0 Å². The van der Waals surface area contributed by atoms with E-state index in [9.17, 15) is 4.79 Å². The summed E-state index contributed by atoms with van der Waals surface area (Å²) in [6.45, 7) is 4.73. The van der Waals surface area contributed by atoms with E-state index in [4.69, 9.17) is 27.9 Å². The van der Waals surface area contributed by atoms with Gasteiger partial charge in [-0.3, -0.25) is 9.69 Å². The van der Waals surface area contributed by atoms with E-state index in [1.165, 1.54) is 0 Å². The Morgan fingerprint density at radius 2 is 2.00 bits per heavy atom. The van der Waals surface area contributed by atoms with Crippen molar-refractivity contribution >= 4 is 29.1 Å². The summed E-state index contributed by atoms with van der Waals surface area (Å²) in [5.74, 6) is 0.154. The van der Waals surface area contributed by atoms with Crippen molar-refractivity contribution in [2.45, 2.75) is 25.5 Å². The quantitative estimate of drug-likeness (QED) is 0.846. The van der Waals surface area contributed by atoms with Crippen LogP contribution in [0.15, 0.2) is 18.2 Å². The molecule has 22 heavy (non-hydrogen) atoms. The summed E-state index contributed by atoms with van der Waals surface area (Å²) in [5.41, 5.74) is 1.07. The number of nitrogens with zero attached hydrogens (tertiary/aromatic N) is 2. The van der Waals surface area contributed by atoms with Crippen LogP contribution in [0.25, 0.3) is 0 Å². The van der Waals surface area contributed by atoms with Gasteiger partial charge in [0.2, 0.25) is 0 Å². The van der Waals surface area contributed by atoms with Crippen LogP contribution in [0.3, 0.4) is 0 Å². The van der Waals surface area contributed by atoms with Gasteiger partial charge in [0.05, 0.1) is 0 Å². The lowest BCUT2D eigenvalue weighted by atomic mass is 10.1. The Morgan fingerprint density at radius 1 is 1.23 bits per heavy atom. The van der Waals surface area contributed by atoms with E-state index in [1.54, 1.807) is 6.07 Å². The van der Waals surface area contributed by atoms with Crippen molar-refractivity contribution in [3.8, 4) is 0 Å². The summed E-state index contributed by atoms with van der Waals surface area (Å²) in [5, 5.41) is 1.35. The fourth-order valence-corrected chi connectivity index (χ4v) is 3.46. The molecule has 6 heteroatoms. The Morgan fingerprint density at radius 3 is 2.64 bits per heavy atom. The first-order valence-corrected chi connectivity index (χ1v) is 8.46. The zero-order valence-corrected chi connectivity index (χ0v) is 13.9. The molecule has 1 aromatic rings. The van der Waals surface area contributed by atoms with Gasteiger partial charge in [0, 0.05) is 49.4 Å². The van der Waals surface area contributed by atoms with Crippen LogP contribution in [0.5, 0.6) is 0 Å². The fourth-order valence-electron chi connectivity index (χ4n) is 2.99. The Kier molecular flexibility index (Phi) is 5.24. The fraction of sp³-hybridized carbons (Fsp3) is 0.562. The Labute approximate surface area is 140 Å². The van der Waals surface area contributed by atoms with Gasteiger partial charge in [0.25, 0.3) is 5.91 Å². The molecule has 2 saturated heterocycles. The van der Waals surface area contributed by atoms with E-state index in [-0.39, 0.29) is 12.0 Å². The van der Waals surface area contributed by atoms with Crippen molar-refractivity contribution in [3.05, 3.63) is 33.8 Å². The van der Waals surface area contributed by atoms with Gasteiger partial charge in [-0.05, 0) is 30.5 Å². The number of benzene rings is 1. The second-order valence-corrected chi connectivity index (χ2v) is 6.68. The Balaban J connectivity index is 1.52. The van der Waals surface area contributed by atoms with E-state index >= 15 is 0 Å². The van der Waals surface area contributed by atoms with Gasteiger partial charge in [-0.2, -0.15) is 0 Å². The predicted molar refractivity (Wildman–Crippen MR) is 87.3 cm³/mol. The first-order chi connectivity index (χ1) is 10.6. The number of halogens is 2. The van der Waals surface area contributed by atoms with Gasteiger partial charge in [0.15, 0.2) is 0 Å². The summed E-state index contributed by atoms with van der Waals surface area (Å²) >= 11 is 12.1. The van der Waals surface area contributed by atoms with Crippen LogP contribution >= 0.6 is 23.2 Å². The highest BCUT2D eigenvalue weighted by Gasteiger charge is 2.30. The average Bonchev–Trinajstić information content (AvgIpc) is 3.04. The molecule has 0 saturated carbocycles. The molecule has 2 heterocycles. The van der Waals surface area contributed by atoms with Crippen molar-refractivity contribution < 1.29 is 9.53 Å². The number of rotatable bonds is 3. The third kappa shape index (κ3) is 3.74. The summed E-state index contributed by atoms with van der Waals surface area (Å²) < 4.78 is 5.48. The molecule has 0 aliphatic carbocycles. The van der Waals surface area contributed by atoms with Gasteiger partial charge in [0.1, 0.15) is 6.10 Å². The first-order valence-electron chi connectivity index (χ1n) is 7.70. The molecule has 0 N–H and O–H groups in total. The van der Waals surface area contributed by atoms with Crippen molar-refractivity contribution in [3.63, 3.8) is 0 Å². The SMILES string of the molecule is O=C([C@@H]1CCCO1)N1CCN(Cc2ccc(Cl)cc2Cl)CC1. The van der Waals surface area contributed by atoms with E-state index in [0.717, 1.165) is 51.1 Å². The van der Waals surface area contributed by atoms with E-state index in [2.05, 4.69) is 4.90 Å². The summed E-state index contributed by atoms with van der Waals surface area (Å²) in [4.78, 5) is 16.5. The highest BCUT2D eigenvalue weighted by molar-refractivity contribution is 6.35. The summed E-state index contributed by atoms with van der Waals surface area (Å²) in [6.07, 6.45) is 1.64. The second kappa shape index (κ2) is 7.18. The van der Waals surface area contributed by atoms with Crippen LogP contribution < -0.4 is 0 Å². The summed E-state index contributed by atoms with van der Waals surface area (Å²) in [7, 11) is 0. The van der Waals surface area contributed by atoms with Crippen molar-refractivity contribution in [2.75, 3.05) is 32.8 Å². The predicted octanol–water partition coefficient (Wildman–Crippen LogP) is 2.82. The Hall–Kier alpha value is -0.810. The Bertz CT molecular complexity index is 539. The molecule has 1 amide bonds. The van der Waals surface area contributed by atoms with Gasteiger partial charge in [-0.1, -0.05) is 29.3 Å². The van der Waals surface area contributed by atoms with Crippen LogP contribution in [0, 0.1) is 0 Å². The minimum absolute atomic E-state index is 0.154. The molecule has 2 aliphatic heterocycles. The van der Waals surface area contributed by atoms with Crippen LogP contribution in [0.1, 0.15) is 18.4 Å². The standard InChI is InChI=1S/C16H20Cl2N2O2/c17-13-4-3-12(14(18)10-13)11-19-5-7-20(8-6-19)16(21)15-2-1-9-22-15/h3-4,10,15H,1-2,5-9,11H2/t15-/m0/s1. The zero-order valence-electron chi connectivity index (χ0n) is 12.4. The first kappa shape index (κ1) is 16.1. The molecule has 0 unspecified atom stereocenters. The number of carbonyl (C=O) groups is 1. The molecular weight excluding hydrogens is 323 g/mol. The molecule has 4 nitrogen and oxygen atoms in total. The smallest absolute Gasteiger partial charge is 0.251 e. The lowest BCUT2D eigenvalue weighted by Gasteiger charge is -2.35. The molecule has 0 radical (unpaired) electrons. The van der Waals surface area contributed by atoms with Crippen molar-refractivity contribution in [1.29, 1.82) is 0 Å². The molecule has 0 spiro atoms. The molecule has 1 atom stereocenters. The highest BCUT2D eigenvalue weighted by Crippen LogP contribution is 2.23. The van der Waals surface area contributed by atoms with Crippen LogP contribution in [0.2, 0.25) is 10.0 Å². The topological polar surface area (TPSA) is 32.8 Å². The lowest BCUT2D eigenvalue weighted by Crippen LogP contribution is -2.51. The molecule has 0 bridgehead atoms. The van der Waals surface area contributed by atoms with E-state index < -0.39 is 0 Å². The van der Waals surface area contributed by atoms with Gasteiger partial charge >= 0.3 is 0 Å². The number of piperazine rings is 1. The highest BCUT2D eigenvalue weighted by atomic mass is 35.5. The normalized spacial score (nSPS) is 23.0. The van der Waals surface area contributed by atoms with Gasteiger partial charge in [-0.15, -0.1) is 0 Å². The van der Waals surface area contributed by atoms with Gasteiger partial charge < -0.3 is 9.64 Å². The molecule has 0 aromatic heterocycles. The number of amides is 1. The second-order valence-electron chi connectivity index (χ2n) is 5.84. The third-order valence-corrected chi connectivity index (χ3v) is 4.89.